The number of nitrogens with two attached hydrogens (primary N) is 1. The van der Waals surface area contributed by atoms with Gasteiger partial charge in [0.2, 0.25) is 0 Å². The molecule has 1 atom stereocenters. The summed E-state index contributed by atoms with van der Waals surface area (Å²) < 4.78 is 24.9. The second kappa shape index (κ2) is 5.86. The number of benzene rings is 1. The normalized spacial score (nSPS) is 18.4. The van der Waals surface area contributed by atoms with E-state index in [1.165, 1.54) is 5.56 Å². The van der Waals surface area contributed by atoms with E-state index in [9.17, 15) is 8.42 Å². The molecule has 1 aromatic rings. The van der Waals surface area contributed by atoms with Crippen molar-refractivity contribution < 1.29 is 8.42 Å². The third-order valence-electron chi connectivity index (χ3n) is 4.33. The van der Waals surface area contributed by atoms with Gasteiger partial charge in [-0.1, -0.05) is 30.5 Å². The maximum absolute atomic E-state index is 12.4. The Hall–Kier alpha value is -0.870. The zero-order valence-corrected chi connectivity index (χ0v) is 13.5. The molecule has 0 radical (unpaired) electrons. The maximum Gasteiger partial charge on any atom is 0.155 e. The monoisotopic (exact) mass is 295 g/mol. The second-order valence-corrected chi connectivity index (χ2v) is 8.48. The van der Waals surface area contributed by atoms with Gasteiger partial charge in [-0.05, 0) is 50.3 Å². The lowest BCUT2D eigenvalue weighted by atomic mass is 9.95. The third-order valence-corrected chi connectivity index (χ3v) is 6.64. The van der Waals surface area contributed by atoms with Crippen molar-refractivity contribution in [2.45, 2.75) is 57.7 Å². The molecule has 1 saturated carbocycles. The van der Waals surface area contributed by atoms with E-state index in [0.717, 1.165) is 42.4 Å². The molecule has 1 aliphatic carbocycles. The first-order valence-corrected chi connectivity index (χ1v) is 9.07. The molecular weight excluding hydrogens is 270 g/mol. The summed E-state index contributed by atoms with van der Waals surface area (Å²) in [5, 5.41) is -0.167. The highest BCUT2D eigenvalue weighted by Crippen LogP contribution is 2.29. The minimum atomic E-state index is -3.08. The van der Waals surface area contributed by atoms with Crippen LogP contribution in [0, 0.1) is 20.8 Å². The molecule has 2 N–H and O–H groups in total. The molecule has 2 rings (SSSR count). The quantitative estimate of drug-likeness (QED) is 0.929. The Kier molecular flexibility index (Phi) is 4.55. The standard InChI is InChI=1S/C16H25NO2S/c1-11-8-12(2)16(13(3)9-11)15(17)10-20(18,19)14-6-4-5-7-14/h8-9,14-15H,4-7,10,17H2,1-3H3. The van der Waals surface area contributed by atoms with Gasteiger partial charge in [0, 0.05) is 6.04 Å². The Balaban J connectivity index is 2.22. The molecule has 0 aromatic heterocycles. The molecule has 0 aliphatic heterocycles. The molecule has 0 spiro atoms. The molecule has 1 unspecified atom stereocenters. The van der Waals surface area contributed by atoms with Gasteiger partial charge in [0.1, 0.15) is 0 Å². The third kappa shape index (κ3) is 3.23. The Morgan fingerprint density at radius 3 is 2.15 bits per heavy atom. The zero-order chi connectivity index (χ0) is 14.9. The maximum atomic E-state index is 12.4. The summed E-state index contributed by atoms with van der Waals surface area (Å²) in [6.07, 6.45) is 3.67. The van der Waals surface area contributed by atoms with Crippen molar-refractivity contribution in [3.8, 4) is 0 Å². The van der Waals surface area contributed by atoms with Gasteiger partial charge in [0.15, 0.2) is 9.84 Å². The molecule has 4 heteroatoms. The van der Waals surface area contributed by atoms with E-state index >= 15 is 0 Å². The summed E-state index contributed by atoms with van der Waals surface area (Å²) in [7, 11) is -3.08. The van der Waals surface area contributed by atoms with E-state index < -0.39 is 15.9 Å². The summed E-state index contributed by atoms with van der Waals surface area (Å²) >= 11 is 0. The highest BCUT2D eigenvalue weighted by atomic mass is 32.2. The Labute approximate surface area is 122 Å². The summed E-state index contributed by atoms with van der Waals surface area (Å²) in [6, 6.07) is 3.73. The van der Waals surface area contributed by atoms with E-state index in [-0.39, 0.29) is 11.0 Å². The topological polar surface area (TPSA) is 60.2 Å². The molecule has 3 nitrogen and oxygen atoms in total. The number of hydrogen-bond donors (Lipinski definition) is 1. The molecule has 0 bridgehead atoms. The average Bonchev–Trinajstić information content (AvgIpc) is 2.79. The molecule has 0 amide bonds. The summed E-state index contributed by atoms with van der Waals surface area (Å²) in [5.74, 6) is 0.0718. The van der Waals surface area contributed by atoms with Crippen molar-refractivity contribution >= 4 is 9.84 Å². The first kappa shape index (κ1) is 15.5. The van der Waals surface area contributed by atoms with E-state index in [1.54, 1.807) is 0 Å². The van der Waals surface area contributed by atoms with Crippen LogP contribution in [0.1, 0.15) is 54.0 Å². The lowest BCUT2D eigenvalue weighted by Gasteiger charge is -2.20. The predicted octanol–water partition coefficient (Wildman–Crippen LogP) is 2.97. The van der Waals surface area contributed by atoms with Crippen molar-refractivity contribution in [2.75, 3.05) is 5.75 Å². The van der Waals surface area contributed by atoms with Crippen LogP contribution in [0.5, 0.6) is 0 Å². The summed E-state index contributed by atoms with van der Waals surface area (Å²) in [5.41, 5.74) is 10.6. The summed E-state index contributed by atoms with van der Waals surface area (Å²) in [6.45, 7) is 6.07. The molecule has 0 heterocycles. The van der Waals surface area contributed by atoms with Crippen LogP contribution in [0.3, 0.4) is 0 Å². The number of sulfone groups is 1. The predicted molar refractivity (Wildman–Crippen MR) is 83.6 cm³/mol. The van der Waals surface area contributed by atoms with E-state index in [4.69, 9.17) is 5.73 Å². The van der Waals surface area contributed by atoms with E-state index in [0.29, 0.717) is 0 Å². The Bertz CT molecular complexity index is 563. The van der Waals surface area contributed by atoms with Crippen LogP contribution in [0.2, 0.25) is 0 Å². The van der Waals surface area contributed by atoms with Gasteiger partial charge in [-0.25, -0.2) is 8.42 Å². The average molecular weight is 295 g/mol. The Morgan fingerprint density at radius 1 is 1.15 bits per heavy atom. The molecular formula is C16H25NO2S. The van der Waals surface area contributed by atoms with Crippen LogP contribution in [0.25, 0.3) is 0 Å². The van der Waals surface area contributed by atoms with Crippen LogP contribution in [0.4, 0.5) is 0 Å². The SMILES string of the molecule is Cc1cc(C)c(C(N)CS(=O)(=O)C2CCCC2)c(C)c1. The minimum absolute atomic E-state index is 0.0718. The summed E-state index contributed by atoms with van der Waals surface area (Å²) in [4.78, 5) is 0. The lowest BCUT2D eigenvalue weighted by molar-refractivity contribution is 0.572. The van der Waals surface area contributed by atoms with Crippen LogP contribution in [0.15, 0.2) is 12.1 Å². The number of hydrogen-bond acceptors (Lipinski definition) is 3. The Morgan fingerprint density at radius 2 is 1.65 bits per heavy atom. The number of aryl methyl sites for hydroxylation is 3. The van der Waals surface area contributed by atoms with Gasteiger partial charge in [0.25, 0.3) is 0 Å². The van der Waals surface area contributed by atoms with Crippen LogP contribution in [-0.2, 0) is 9.84 Å². The molecule has 1 aliphatic rings. The fourth-order valence-corrected chi connectivity index (χ4v) is 5.48. The molecule has 112 valence electrons. The smallest absolute Gasteiger partial charge is 0.155 e. The van der Waals surface area contributed by atoms with Crippen LogP contribution in [-0.4, -0.2) is 19.4 Å². The molecule has 0 saturated heterocycles. The minimum Gasteiger partial charge on any atom is -0.323 e. The fraction of sp³-hybridized carbons (Fsp3) is 0.625. The van der Waals surface area contributed by atoms with Gasteiger partial charge in [0.05, 0.1) is 11.0 Å². The van der Waals surface area contributed by atoms with Gasteiger partial charge in [-0.15, -0.1) is 0 Å². The van der Waals surface area contributed by atoms with Gasteiger partial charge >= 0.3 is 0 Å². The van der Waals surface area contributed by atoms with Crippen molar-refractivity contribution in [1.82, 2.24) is 0 Å². The van der Waals surface area contributed by atoms with Gasteiger partial charge < -0.3 is 5.73 Å². The van der Waals surface area contributed by atoms with Crippen LogP contribution < -0.4 is 5.73 Å². The van der Waals surface area contributed by atoms with Gasteiger partial charge in [-0.3, -0.25) is 0 Å². The first-order chi connectivity index (χ1) is 9.31. The highest BCUT2D eigenvalue weighted by molar-refractivity contribution is 7.92. The van der Waals surface area contributed by atoms with Crippen molar-refractivity contribution in [3.05, 3.63) is 34.4 Å². The van der Waals surface area contributed by atoms with Crippen LogP contribution >= 0.6 is 0 Å². The molecule has 1 fully saturated rings. The van der Waals surface area contributed by atoms with Crippen molar-refractivity contribution in [2.24, 2.45) is 5.73 Å². The molecule has 20 heavy (non-hydrogen) atoms. The van der Waals surface area contributed by atoms with E-state index in [1.807, 2.05) is 20.8 Å². The second-order valence-electron chi connectivity index (χ2n) is 6.15. The number of rotatable bonds is 4. The largest absolute Gasteiger partial charge is 0.323 e. The highest BCUT2D eigenvalue weighted by Gasteiger charge is 2.31. The lowest BCUT2D eigenvalue weighted by Crippen LogP contribution is -2.29. The first-order valence-electron chi connectivity index (χ1n) is 7.36. The van der Waals surface area contributed by atoms with Gasteiger partial charge in [-0.2, -0.15) is 0 Å². The van der Waals surface area contributed by atoms with Crippen molar-refractivity contribution in [1.29, 1.82) is 0 Å². The van der Waals surface area contributed by atoms with Crippen molar-refractivity contribution in [3.63, 3.8) is 0 Å². The van der Waals surface area contributed by atoms with E-state index in [2.05, 4.69) is 12.1 Å². The zero-order valence-electron chi connectivity index (χ0n) is 12.6. The molecule has 1 aromatic carbocycles. The fourth-order valence-electron chi connectivity index (χ4n) is 3.49.